The molecule has 0 amide bonds. The monoisotopic (exact) mass is 445 g/mol. The molecule has 1 aromatic heterocycles. The highest BCUT2D eigenvalue weighted by molar-refractivity contribution is 5.72. The topological polar surface area (TPSA) is 90.5 Å². The Kier molecular flexibility index (Phi) is 5.79. The number of nitrogens with zero attached hydrogens (tertiary/aromatic N) is 1. The molecule has 3 heterocycles. The highest BCUT2D eigenvalue weighted by Crippen LogP contribution is 2.48. The van der Waals surface area contributed by atoms with Gasteiger partial charge in [-0.05, 0) is 59.9 Å². The molecule has 0 saturated carbocycles. The number of nitrogens with two attached hydrogens (primary N) is 1. The molecule has 2 aliphatic rings. The highest BCUT2D eigenvalue weighted by Gasteiger charge is 2.31. The van der Waals surface area contributed by atoms with Gasteiger partial charge >= 0.3 is 0 Å². The Morgan fingerprint density at radius 3 is 2.79 bits per heavy atom. The number of halogens is 1. The number of hydrogen-bond acceptors (Lipinski definition) is 5. The first-order valence-electron chi connectivity index (χ1n) is 10.9. The maximum atomic E-state index is 15.3. The number of nitrogens with one attached hydrogen (secondary N) is 1. The minimum absolute atomic E-state index is 0.195. The molecule has 5 rings (SSSR count). The van der Waals surface area contributed by atoms with Gasteiger partial charge in [0.25, 0.3) is 6.02 Å². The Morgan fingerprint density at radius 2 is 2.03 bits per heavy atom. The quantitative estimate of drug-likeness (QED) is 0.415. The summed E-state index contributed by atoms with van der Waals surface area (Å²) in [6, 6.07) is 12.9. The second-order valence-electron chi connectivity index (χ2n) is 8.10. The third-order valence-electron chi connectivity index (χ3n) is 5.99. The first-order valence-corrected chi connectivity index (χ1v) is 10.9. The van der Waals surface area contributed by atoms with Crippen molar-refractivity contribution in [1.82, 2.24) is 4.98 Å². The summed E-state index contributed by atoms with van der Waals surface area (Å²) in [6.07, 6.45) is 6.95. The van der Waals surface area contributed by atoms with Crippen LogP contribution in [0.5, 0.6) is 11.5 Å². The van der Waals surface area contributed by atoms with E-state index in [2.05, 4.69) is 17.1 Å². The minimum atomic E-state index is -0.409. The van der Waals surface area contributed by atoms with Gasteiger partial charge in [-0.3, -0.25) is 10.4 Å². The summed E-state index contributed by atoms with van der Waals surface area (Å²) in [4.78, 5) is 4.22. The highest BCUT2D eigenvalue weighted by atomic mass is 19.1. The first-order chi connectivity index (χ1) is 16.1. The van der Waals surface area contributed by atoms with Crippen LogP contribution in [0.2, 0.25) is 0 Å². The third-order valence-corrected chi connectivity index (χ3v) is 5.99. The summed E-state index contributed by atoms with van der Waals surface area (Å²) < 4.78 is 32.1. The molecule has 168 valence electrons. The van der Waals surface area contributed by atoms with Gasteiger partial charge in [0, 0.05) is 35.0 Å². The van der Waals surface area contributed by atoms with Gasteiger partial charge in [0.15, 0.2) is 11.6 Å². The molecule has 0 fully saturated rings. The number of rotatable bonds is 5. The number of fused-ring (bicyclic) bond motifs is 2. The smallest absolute Gasteiger partial charge is 0.278 e. The summed E-state index contributed by atoms with van der Waals surface area (Å²) in [7, 11) is 0. The van der Waals surface area contributed by atoms with Gasteiger partial charge in [-0.25, -0.2) is 4.39 Å². The molecule has 0 saturated heterocycles. The van der Waals surface area contributed by atoms with Gasteiger partial charge in [-0.1, -0.05) is 18.2 Å². The first kappa shape index (κ1) is 21.2. The van der Waals surface area contributed by atoms with E-state index in [1.54, 1.807) is 12.4 Å². The molecule has 0 spiro atoms. The van der Waals surface area contributed by atoms with Crippen molar-refractivity contribution in [2.45, 2.75) is 18.8 Å². The predicted molar refractivity (Wildman–Crippen MR) is 124 cm³/mol. The van der Waals surface area contributed by atoms with Crippen LogP contribution >= 0.6 is 0 Å². The van der Waals surface area contributed by atoms with E-state index in [0.717, 1.165) is 39.8 Å². The van der Waals surface area contributed by atoms with E-state index in [1.165, 1.54) is 6.07 Å². The zero-order chi connectivity index (χ0) is 22.8. The molecule has 0 aliphatic carbocycles. The van der Waals surface area contributed by atoms with Crippen molar-refractivity contribution in [3.63, 3.8) is 0 Å². The second-order valence-corrected chi connectivity index (χ2v) is 8.10. The molecule has 0 radical (unpaired) electrons. The van der Waals surface area contributed by atoms with E-state index in [-0.39, 0.29) is 24.3 Å². The van der Waals surface area contributed by atoms with E-state index < -0.39 is 5.82 Å². The van der Waals surface area contributed by atoms with Crippen LogP contribution in [-0.2, 0) is 9.47 Å². The SMILES string of the molecule is N=C(N)OCCC1c2cc(-c3cccnc3)ccc2Oc2c(F)cc(C3=CCCOC3)cc21. The molecular formula is C26H24FN3O3. The number of benzene rings is 2. The fraction of sp³-hybridized carbons (Fsp3) is 0.231. The fourth-order valence-electron chi connectivity index (χ4n) is 4.43. The van der Waals surface area contributed by atoms with Crippen molar-refractivity contribution in [2.75, 3.05) is 19.8 Å². The molecule has 33 heavy (non-hydrogen) atoms. The molecule has 7 heteroatoms. The van der Waals surface area contributed by atoms with E-state index in [4.69, 9.17) is 25.4 Å². The van der Waals surface area contributed by atoms with Gasteiger partial charge in [0.1, 0.15) is 5.75 Å². The Hall–Kier alpha value is -3.71. The molecule has 3 N–H and O–H groups in total. The number of pyridine rings is 1. The average molecular weight is 445 g/mol. The molecule has 1 atom stereocenters. The van der Waals surface area contributed by atoms with E-state index in [1.807, 2.05) is 30.3 Å². The minimum Gasteiger partial charge on any atom is -0.466 e. The predicted octanol–water partition coefficient (Wildman–Crippen LogP) is 5.23. The van der Waals surface area contributed by atoms with Crippen LogP contribution in [0.3, 0.4) is 0 Å². The summed E-state index contributed by atoms with van der Waals surface area (Å²) in [5, 5.41) is 7.39. The molecule has 6 nitrogen and oxygen atoms in total. The lowest BCUT2D eigenvalue weighted by molar-refractivity contribution is 0.164. The fourth-order valence-corrected chi connectivity index (χ4v) is 4.43. The van der Waals surface area contributed by atoms with Crippen molar-refractivity contribution in [1.29, 1.82) is 5.41 Å². The van der Waals surface area contributed by atoms with Crippen molar-refractivity contribution >= 4 is 11.6 Å². The maximum Gasteiger partial charge on any atom is 0.278 e. The van der Waals surface area contributed by atoms with Crippen LogP contribution in [0.25, 0.3) is 16.7 Å². The van der Waals surface area contributed by atoms with Gasteiger partial charge in [0.05, 0.1) is 19.8 Å². The normalized spacial score (nSPS) is 16.8. The van der Waals surface area contributed by atoms with Crippen molar-refractivity contribution in [3.8, 4) is 22.6 Å². The summed E-state index contributed by atoms with van der Waals surface area (Å²) in [5.74, 6) is 0.230. The van der Waals surface area contributed by atoms with Gasteiger partial charge < -0.3 is 19.9 Å². The summed E-state index contributed by atoms with van der Waals surface area (Å²) >= 11 is 0. The lowest BCUT2D eigenvalue weighted by atomic mass is 9.83. The van der Waals surface area contributed by atoms with Crippen LogP contribution in [0, 0.1) is 11.2 Å². The summed E-state index contributed by atoms with van der Waals surface area (Å²) in [5.41, 5.74) is 10.8. The van der Waals surface area contributed by atoms with Crippen LogP contribution < -0.4 is 10.5 Å². The Bertz CT molecular complexity index is 1230. The zero-order valence-electron chi connectivity index (χ0n) is 18.0. The second kappa shape index (κ2) is 9.03. The van der Waals surface area contributed by atoms with Crippen molar-refractivity contribution in [2.24, 2.45) is 5.73 Å². The number of ether oxygens (including phenoxy) is 3. The van der Waals surface area contributed by atoms with Crippen molar-refractivity contribution in [3.05, 3.63) is 83.4 Å². The van der Waals surface area contributed by atoms with Gasteiger partial charge in [-0.2, -0.15) is 0 Å². The number of hydrogen-bond donors (Lipinski definition) is 2. The Balaban J connectivity index is 1.59. The molecule has 2 aliphatic heterocycles. The number of amidine groups is 1. The van der Waals surface area contributed by atoms with Gasteiger partial charge in [0.2, 0.25) is 0 Å². The lowest BCUT2D eigenvalue weighted by Crippen LogP contribution is -2.19. The third kappa shape index (κ3) is 4.32. The molecule has 2 aromatic carbocycles. The van der Waals surface area contributed by atoms with Crippen LogP contribution in [0.15, 0.2) is 60.9 Å². The zero-order valence-corrected chi connectivity index (χ0v) is 18.0. The molecule has 0 bridgehead atoms. The Morgan fingerprint density at radius 1 is 1.15 bits per heavy atom. The van der Waals surface area contributed by atoms with E-state index >= 15 is 4.39 Å². The molecular weight excluding hydrogens is 421 g/mol. The number of aromatic nitrogens is 1. The van der Waals surface area contributed by atoms with E-state index in [9.17, 15) is 0 Å². The lowest BCUT2D eigenvalue weighted by Gasteiger charge is -2.30. The summed E-state index contributed by atoms with van der Waals surface area (Å²) in [6.45, 7) is 1.36. The largest absolute Gasteiger partial charge is 0.466 e. The van der Waals surface area contributed by atoms with Crippen molar-refractivity contribution < 1.29 is 18.6 Å². The maximum absolute atomic E-state index is 15.3. The Labute approximate surface area is 191 Å². The van der Waals surface area contributed by atoms with Crippen LogP contribution in [0.4, 0.5) is 4.39 Å². The molecule has 3 aromatic rings. The van der Waals surface area contributed by atoms with Gasteiger partial charge in [-0.15, -0.1) is 0 Å². The standard InChI is InChI=1S/C26H24FN3O3/c27-23-13-19(18-4-2-9-31-15-18)12-22-20(7-10-32-26(28)29)21-11-16(17-3-1-8-30-14-17)5-6-24(21)33-25(22)23/h1,3-6,8,11-14,20H,2,7,9-10,15H2,(H3,28,29). The van der Waals surface area contributed by atoms with E-state index in [0.29, 0.717) is 25.4 Å². The van der Waals surface area contributed by atoms with Crippen LogP contribution in [-0.4, -0.2) is 30.8 Å². The molecule has 1 unspecified atom stereocenters. The van der Waals surface area contributed by atoms with Crippen LogP contribution in [0.1, 0.15) is 35.4 Å². The average Bonchev–Trinajstić information content (AvgIpc) is 2.84.